The molecule has 0 atom stereocenters. The zero-order valence-electron chi connectivity index (χ0n) is 9.27. The van der Waals surface area contributed by atoms with Crippen LogP contribution in [0.5, 0.6) is 5.75 Å². The van der Waals surface area contributed by atoms with Crippen molar-refractivity contribution in [2.45, 2.75) is 13.3 Å². The fourth-order valence-electron chi connectivity index (χ4n) is 1.43. The number of carbonyl (C=O) groups excluding carboxylic acids is 1. The first kappa shape index (κ1) is 11.6. The van der Waals surface area contributed by atoms with Crippen LogP contribution in [0.1, 0.15) is 23.1 Å². The normalized spacial score (nSPS) is 10.1. The number of Topliss-reactive ketones (excluding diaryl/α,β-unsaturated/α-hetero) is 1. The Morgan fingerprint density at radius 3 is 3.12 bits per heavy atom. The minimum atomic E-state index is -0.230. The van der Waals surface area contributed by atoms with E-state index in [1.54, 1.807) is 6.07 Å². The fourth-order valence-corrected chi connectivity index (χ4v) is 2.31. The second-order valence-corrected chi connectivity index (χ2v) is 4.37. The van der Waals surface area contributed by atoms with Crippen LogP contribution < -0.4 is 4.74 Å². The topological polar surface area (TPSA) is 63.0 Å². The Labute approximate surface area is 102 Å². The third kappa shape index (κ3) is 2.43. The van der Waals surface area contributed by atoms with Crippen molar-refractivity contribution in [3.8, 4) is 11.8 Å². The Hall–Kier alpha value is -1.93. The lowest BCUT2D eigenvalue weighted by atomic mass is 10.3. The summed E-state index contributed by atoms with van der Waals surface area (Å²) >= 11 is 1.30. The molecule has 1 heterocycles. The van der Waals surface area contributed by atoms with Gasteiger partial charge in [-0.1, -0.05) is 0 Å². The smallest absolute Gasteiger partial charge is 0.205 e. The van der Waals surface area contributed by atoms with Gasteiger partial charge in [0.15, 0.2) is 5.01 Å². The van der Waals surface area contributed by atoms with E-state index in [0.29, 0.717) is 11.6 Å². The van der Waals surface area contributed by atoms with Gasteiger partial charge in [0.25, 0.3) is 0 Å². The van der Waals surface area contributed by atoms with Crippen LogP contribution >= 0.6 is 11.3 Å². The molecule has 1 aromatic carbocycles. The molecule has 0 aliphatic heterocycles. The summed E-state index contributed by atoms with van der Waals surface area (Å²) in [6.45, 7) is 2.50. The van der Waals surface area contributed by atoms with E-state index in [2.05, 4.69) is 4.98 Å². The first-order valence-electron chi connectivity index (χ1n) is 5.18. The number of thiazole rings is 1. The van der Waals surface area contributed by atoms with Gasteiger partial charge in [-0.05, 0) is 19.1 Å². The summed E-state index contributed by atoms with van der Waals surface area (Å²) < 4.78 is 6.28. The molecular formula is C12H10N2O2S. The van der Waals surface area contributed by atoms with Gasteiger partial charge in [-0.2, -0.15) is 5.26 Å². The number of carbonyl (C=O) groups is 1. The average molecular weight is 246 g/mol. The van der Waals surface area contributed by atoms with Crippen molar-refractivity contribution in [1.82, 2.24) is 4.98 Å². The van der Waals surface area contributed by atoms with Gasteiger partial charge in [0.05, 0.1) is 22.9 Å². The van der Waals surface area contributed by atoms with E-state index in [-0.39, 0.29) is 12.2 Å². The number of aromatic nitrogens is 1. The lowest BCUT2D eigenvalue weighted by Gasteiger charge is -2.00. The second-order valence-electron chi connectivity index (χ2n) is 3.34. The molecule has 0 radical (unpaired) electrons. The third-order valence-corrected chi connectivity index (χ3v) is 3.23. The number of ketones is 1. The quantitative estimate of drug-likeness (QED) is 0.778. The van der Waals surface area contributed by atoms with Crippen LogP contribution in [0.15, 0.2) is 18.2 Å². The Bertz CT molecular complexity index is 598. The highest BCUT2D eigenvalue weighted by Crippen LogP contribution is 2.26. The number of nitriles is 1. The van der Waals surface area contributed by atoms with Crippen molar-refractivity contribution in [2.24, 2.45) is 0 Å². The predicted molar refractivity (Wildman–Crippen MR) is 65.3 cm³/mol. The van der Waals surface area contributed by atoms with Gasteiger partial charge in [0.2, 0.25) is 5.78 Å². The lowest BCUT2D eigenvalue weighted by molar-refractivity contribution is 0.0997. The standard InChI is InChI=1S/C12H10N2O2S/c1-2-16-8-3-4-11-9(7-8)14-12(17-11)10(15)5-6-13/h3-4,7H,2,5H2,1H3. The number of hydrogen-bond donors (Lipinski definition) is 0. The third-order valence-electron chi connectivity index (χ3n) is 2.15. The molecule has 0 bridgehead atoms. The van der Waals surface area contributed by atoms with Crippen molar-refractivity contribution in [1.29, 1.82) is 5.26 Å². The molecule has 0 saturated carbocycles. The van der Waals surface area contributed by atoms with E-state index in [9.17, 15) is 4.79 Å². The molecule has 0 saturated heterocycles. The predicted octanol–water partition coefficient (Wildman–Crippen LogP) is 2.79. The Kier molecular flexibility index (Phi) is 3.35. The molecule has 0 unspecified atom stereocenters. The lowest BCUT2D eigenvalue weighted by Crippen LogP contribution is -1.95. The van der Waals surface area contributed by atoms with Crippen molar-refractivity contribution < 1.29 is 9.53 Å². The second kappa shape index (κ2) is 4.93. The number of nitrogens with zero attached hydrogens (tertiary/aromatic N) is 2. The summed E-state index contributed by atoms with van der Waals surface area (Å²) in [5.74, 6) is 0.510. The van der Waals surface area contributed by atoms with Gasteiger partial charge in [0.1, 0.15) is 12.2 Å². The molecular weight excluding hydrogens is 236 g/mol. The Morgan fingerprint density at radius 2 is 2.41 bits per heavy atom. The average Bonchev–Trinajstić information content (AvgIpc) is 2.73. The summed E-state index contributed by atoms with van der Waals surface area (Å²) in [5.41, 5.74) is 0.738. The molecule has 0 spiro atoms. The number of ether oxygens (including phenoxy) is 1. The minimum Gasteiger partial charge on any atom is -0.494 e. The molecule has 2 rings (SSSR count). The molecule has 0 aliphatic carbocycles. The zero-order chi connectivity index (χ0) is 12.3. The van der Waals surface area contributed by atoms with Crippen LogP contribution in [0.4, 0.5) is 0 Å². The number of rotatable bonds is 4. The summed E-state index contributed by atoms with van der Waals surface area (Å²) in [7, 11) is 0. The van der Waals surface area contributed by atoms with E-state index in [4.69, 9.17) is 10.00 Å². The van der Waals surface area contributed by atoms with Crippen molar-refractivity contribution in [2.75, 3.05) is 6.61 Å². The van der Waals surface area contributed by atoms with Crippen molar-refractivity contribution >= 4 is 27.3 Å². The minimum absolute atomic E-state index is 0.127. The molecule has 17 heavy (non-hydrogen) atoms. The molecule has 86 valence electrons. The molecule has 5 heteroatoms. The van der Waals surface area contributed by atoms with Crippen molar-refractivity contribution in [3.63, 3.8) is 0 Å². The summed E-state index contributed by atoms with van der Waals surface area (Å²) in [6.07, 6.45) is -0.127. The van der Waals surface area contributed by atoms with Crippen molar-refractivity contribution in [3.05, 3.63) is 23.2 Å². The van der Waals surface area contributed by atoms with Gasteiger partial charge < -0.3 is 4.74 Å². The van der Waals surface area contributed by atoms with E-state index < -0.39 is 0 Å². The van der Waals surface area contributed by atoms with Crippen LogP contribution in [0.25, 0.3) is 10.2 Å². The molecule has 0 fully saturated rings. The summed E-state index contributed by atoms with van der Waals surface area (Å²) in [5, 5.41) is 8.86. The SMILES string of the molecule is CCOc1ccc2sc(C(=O)CC#N)nc2c1. The first-order chi connectivity index (χ1) is 8.24. The summed E-state index contributed by atoms with van der Waals surface area (Å²) in [4.78, 5) is 15.7. The van der Waals surface area contributed by atoms with Gasteiger partial charge in [-0.15, -0.1) is 11.3 Å². The van der Waals surface area contributed by atoms with Crippen LogP contribution in [0, 0.1) is 11.3 Å². The van der Waals surface area contributed by atoms with E-state index >= 15 is 0 Å². The van der Waals surface area contributed by atoms with Gasteiger partial charge in [0, 0.05) is 6.07 Å². The maximum Gasteiger partial charge on any atom is 0.205 e. The fraction of sp³-hybridized carbons (Fsp3) is 0.250. The maximum atomic E-state index is 11.5. The van der Waals surface area contributed by atoms with E-state index in [0.717, 1.165) is 16.0 Å². The zero-order valence-corrected chi connectivity index (χ0v) is 10.1. The largest absolute Gasteiger partial charge is 0.494 e. The highest BCUT2D eigenvalue weighted by atomic mass is 32.1. The van der Waals surface area contributed by atoms with E-state index in [1.807, 2.05) is 25.1 Å². The molecule has 0 N–H and O–H groups in total. The molecule has 0 aliphatic rings. The molecule has 1 aromatic heterocycles. The molecule has 2 aromatic rings. The Morgan fingerprint density at radius 1 is 1.59 bits per heavy atom. The number of fused-ring (bicyclic) bond motifs is 1. The van der Waals surface area contributed by atoms with E-state index in [1.165, 1.54) is 11.3 Å². The summed E-state index contributed by atoms with van der Waals surface area (Å²) in [6, 6.07) is 7.36. The molecule has 0 amide bonds. The van der Waals surface area contributed by atoms with Crippen LogP contribution in [-0.4, -0.2) is 17.4 Å². The van der Waals surface area contributed by atoms with Gasteiger partial charge in [-0.25, -0.2) is 4.98 Å². The van der Waals surface area contributed by atoms with Crippen LogP contribution in [0.3, 0.4) is 0 Å². The first-order valence-corrected chi connectivity index (χ1v) is 5.99. The maximum absolute atomic E-state index is 11.5. The van der Waals surface area contributed by atoms with Gasteiger partial charge >= 0.3 is 0 Å². The number of hydrogen-bond acceptors (Lipinski definition) is 5. The Balaban J connectivity index is 2.37. The highest BCUT2D eigenvalue weighted by molar-refractivity contribution is 7.20. The van der Waals surface area contributed by atoms with Crippen LogP contribution in [-0.2, 0) is 0 Å². The van der Waals surface area contributed by atoms with Crippen LogP contribution in [0.2, 0.25) is 0 Å². The monoisotopic (exact) mass is 246 g/mol. The number of benzene rings is 1. The highest BCUT2D eigenvalue weighted by Gasteiger charge is 2.12. The van der Waals surface area contributed by atoms with Gasteiger partial charge in [-0.3, -0.25) is 4.79 Å². The molecule has 4 nitrogen and oxygen atoms in total.